The maximum atomic E-state index is 14.3. The number of rotatable bonds is 3. The second-order valence-corrected chi connectivity index (χ2v) is 9.72. The summed E-state index contributed by atoms with van der Waals surface area (Å²) in [6, 6.07) is 5.28. The van der Waals surface area contributed by atoms with Gasteiger partial charge in [0, 0.05) is 43.3 Å². The molecule has 1 aromatic carbocycles. The summed E-state index contributed by atoms with van der Waals surface area (Å²) in [6.45, 7) is 6.17. The Kier molecular flexibility index (Phi) is 6.40. The zero-order valence-electron chi connectivity index (χ0n) is 19.0. The lowest BCUT2D eigenvalue weighted by atomic mass is 9.81. The van der Waals surface area contributed by atoms with Crippen LogP contribution in [0.1, 0.15) is 56.3 Å². The van der Waals surface area contributed by atoms with E-state index in [9.17, 15) is 9.18 Å². The number of carbonyl (C=O) groups is 1. The summed E-state index contributed by atoms with van der Waals surface area (Å²) in [5.74, 6) is -1.17. The highest BCUT2D eigenvalue weighted by Crippen LogP contribution is 2.37. The van der Waals surface area contributed by atoms with Gasteiger partial charge >= 0.3 is 0 Å². The van der Waals surface area contributed by atoms with E-state index in [4.69, 9.17) is 10.2 Å². The van der Waals surface area contributed by atoms with Crippen LogP contribution in [0.3, 0.4) is 0 Å². The number of hydrogen-bond acceptors (Lipinski definition) is 6. The highest BCUT2D eigenvalue weighted by molar-refractivity contribution is 6.04. The first-order valence-corrected chi connectivity index (χ1v) is 11.5. The average Bonchev–Trinajstić information content (AvgIpc) is 3.12. The van der Waals surface area contributed by atoms with E-state index < -0.39 is 11.7 Å². The second-order valence-electron chi connectivity index (χ2n) is 9.72. The Bertz CT molecular complexity index is 974. The number of oxazole rings is 1. The van der Waals surface area contributed by atoms with Crippen molar-refractivity contribution in [1.29, 1.82) is 0 Å². The lowest BCUT2D eigenvalue weighted by Crippen LogP contribution is -2.63. The van der Waals surface area contributed by atoms with Crippen molar-refractivity contribution in [3.63, 3.8) is 0 Å². The van der Waals surface area contributed by atoms with Crippen molar-refractivity contribution in [3.8, 4) is 0 Å². The molecule has 176 valence electrons. The van der Waals surface area contributed by atoms with Crippen molar-refractivity contribution in [2.24, 2.45) is 5.73 Å². The molecule has 3 saturated heterocycles. The van der Waals surface area contributed by atoms with E-state index in [0.717, 1.165) is 13.1 Å². The molecule has 0 aliphatic carbocycles. The molecule has 9 heteroatoms. The van der Waals surface area contributed by atoms with Crippen LogP contribution in [0.5, 0.6) is 0 Å². The molecule has 1 amide bonds. The molecule has 3 fully saturated rings. The Morgan fingerprint density at radius 2 is 1.75 bits per heavy atom. The standard InChI is InChI=1S/C23H32FN5O2.ClH/c1-13-11-28(17-9-15-5-4-6-16(10-17)27(15)3)12-14(2)29(13)23-26-20-18(22(25)30)7-8-19(24)21(20)31-23;/h7-8,13-17H,4-6,9-12H2,1-3H3,(H2,25,30);1H/t13-,14-,15?,16?,17?;/m0./s1. The molecular formula is C23H33ClFN5O2. The quantitative estimate of drug-likeness (QED) is 0.748. The van der Waals surface area contributed by atoms with Crippen LogP contribution in [0.2, 0.25) is 0 Å². The van der Waals surface area contributed by atoms with Crippen molar-refractivity contribution < 1.29 is 13.6 Å². The van der Waals surface area contributed by atoms with Crippen LogP contribution in [0.4, 0.5) is 10.4 Å². The van der Waals surface area contributed by atoms with Crippen LogP contribution >= 0.6 is 12.4 Å². The number of piperidine rings is 2. The average molecular weight is 466 g/mol. The molecule has 2 N–H and O–H groups in total. The van der Waals surface area contributed by atoms with Gasteiger partial charge in [0.15, 0.2) is 11.4 Å². The Morgan fingerprint density at radius 1 is 1.12 bits per heavy atom. The fraction of sp³-hybridized carbons (Fsp3) is 0.652. The lowest BCUT2D eigenvalue weighted by molar-refractivity contribution is -0.000310. The molecular weight excluding hydrogens is 433 g/mol. The summed E-state index contributed by atoms with van der Waals surface area (Å²) in [6.07, 6.45) is 6.45. The van der Waals surface area contributed by atoms with Gasteiger partial charge < -0.3 is 20.0 Å². The SMILES string of the molecule is C[C@H]1CN(C2CC3CCCC(C2)N3C)C[C@H](C)N1c1nc2c(C(N)=O)ccc(F)c2o1.Cl. The Morgan fingerprint density at radius 3 is 2.34 bits per heavy atom. The van der Waals surface area contributed by atoms with Gasteiger partial charge in [-0.05, 0) is 58.7 Å². The molecule has 2 unspecified atom stereocenters. The zero-order valence-corrected chi connectivity index (χ0v) is 19.8. The van der Waals surface area contributed by atoms with Crippen molar-refractivity contribution >= 4 is 35.4 Å². The van der Waals surface area contributed by atoms with Crippen molar-refractivity contribution in [2.45, 2.75) is 76.2 Å². The molecule has 7 nitrogen and oxygen atoms in total. The number of primary amides is 1. The fourth-order valence-electron chi connectivity index (χ4n) is 6.20. The number of fused-ring (bicyclic) bond motifs is 3. The number of benzene rings is 1. The third-order valence-electron chi connectivity index (χ3n) is 7.75. The minimum atomic E-state index is -0.636. The van der Waals surface area contributed by atoms with Crippen LogP contribution < -0.4 is 10.6 Å². The van der Waals surface area contributed by atoms with Gasteiger partial charge in [-0.25, -0.2) is 4.39 Å². The fourth-order valence-corrected chi connectivity index (χ4v) is 6.20. The van der Waals surface area contributed by atoms with Gasteiger partial charge in [0.2, 0.25) is 0 Å². The first-order valence-electron chi connectivity index (χ1n) is 11.5. The number of nitrogens with zero attached hydrogens (tertiary/aromatic N) is 4. The number of anilines is 1. The molecule has 5 rings (SSSR count). The molecule has 32 heavy (non-hydrogen) atoms. The molecule has 3 aliphatic rings. The third-order valence-corrected chi connectivity index (χ3v) is 7.75. The van der Waals surface area contributed by atoms with Crippen LogP contribution in [-0.4, -0.2) is 71.0 Å². The van der Waals surface area contributed by atoms with Crippen molar-refractivity contribution in [2.75, 3.05) is 25.0 Å². The van der Waals surface area contributed by atoms with E-state index in [-0.39, 0.29) is 41.2 Å². The number of piperazine rings is 1. The van der Waals surface area contributed by atoms with Gasteiger partial charge in [-0.2, -0.15) is 4.98 Å². The summed E-state index contributed by atoms with van der Waals surface area (Å²) in [4.78, 5) is 23.6. The summed E-state index contributed by atoms with van der Waals surface area (Å²) < 4.78 is 20.2. The molecule has 3 aliphatic heterocycles. The van der Waals surface area contributed by atoms with E-state index in [1.54, 1.807) is 0 Å². The molecule has 0 radical (unpaired) electrons. The van der Waals surface area contributed by atoms with E-state index >= 15 is 0 Å². The van der Waals surface area contributed by atoms with Gasteiger partial charge in [0.1, 0.15) is 5.52 Å². The minimum Gasteiger partial charge on any atom is -0.420 e. The van der Waals surface area contributed by atoms with Crippen LogP contribution in [0.15, 0.2) is 16.5 Å². The number of halogens is 2. The van der Waals surface area contributed by atoms with Crippen molar-refractivity contribution in [3.05, 3.63) is 23.5 Å². The Hall–Kier alpha value is -1.90. The number of carbonyl (C=O) groups excluding carboxylic acids is 1. The maximum Gasteiger partial charge on any atom is 0.299 e. The Labute approximate surface area is 194 Å². The number of amides is 1. The van der Waals surface area contributed by atoms with Crippen LogP contribution in [-0.2, 0) is 0 Å². The summed E-state index contributed by atoms with van der Waals surface area (Å²) in [7, 11) is 2.29. The highest BCUT2D eigenvalue weighted by atomic mass is 35.5. The second kappa shape index (κ2) is 8.80. The molecule has 0 saturated carbocycles. The predicted octanol–water partition coefficient (Wildman–Crippen LogP) is 3.40. The van der Waals surface area contributed by atoms with E-state index in [2.05, 4.69) is 40.6 Å². The van der Waals surface area contributed by atoms with Gasteiger partial charge in [-0.3, -0.25) is 9.69 Å². The molecule has 2 bridgehead atoms. The Balaban J connectivity index is 0.00000245. The number of aromatic nitrogens is 1. The van der Waals surface area contributed by atoms with E-state index in [0.29, 0.717) is 24.1 Å². The first kappa shape index (κ1) is 23.3. The van der Waals surface area contributed by atoms with E-state index in [1.165, 1.54) is 44.2 Å². The summed E-state index contributed by atoms with van der Waals surface area (Å²) in [5.41, 5.74) is 5.84. The van der Waals surface area contributed by atoms with Gasteiger partial charge in [-0.1, -0.05) is 6.42 Å². The zero-order chi connectivity index (χ0) is 21.9. The molecule has 1 aromatic heterocycles. The first-order chi connectivity index (χ1) is 14.8. The monoisotopic (exact) mass is 465 g/mol. The molecule has 2 aromatic rings. The van der Waals surface area contributed by atoms with Gasteiger partial charge in [0.05, 0.1) is 5.56 Å². The minimum absolute atomic E-state index is 0. The van der Waals surface area contributed by atoms with Crippen LogP contribution in [0, 0.1) is 5.82 Å². The normalized spacial score (nSPS) is 31.5. The molecule has 0 spiro atoms. The maximum absolute atomic E-state index is 14.3. The predicted molar refractivity (Wildman–Crippen MR) is 125 cm³/mol. The van der Waals surface area contributed by atoms with E-state index in [1.807, 2.05) is 0 Å². The number of nitrogens with two attached hydrogens (primary N) is 1. The van der Waals surface area contributed by atoms with Gasteiger partial charge in [0.25, 0.3) is 11.9 Å². The molecule has 4 atom stereocenters. The topological polar surface area (TPSA) is 78.8 Å². The van der Waals surface area contributed by atoms with Crippen molar-refractivity contribution in [1.82, 2.24) is 14.8 Å². The summed E-state index contributed by atoms with van der Waals surface area (Å²) >= 11 is 0. The van der Waals surface area contributed by atoms with Crippen LogP contribution in [0.25, 0.3) is 11.1 Å². The molecule has 4 heterocycles. The lowest BCUT2D eigenvalue weighted by Gasteiger charge is -2.53. The smallest absolute Gasteiger partial charge is 0.299 e. The summed E-state index contributed by atoms with van der Waals surface area (Å²) in [5, 5.41) is 0. The highest BCUT2D eigenvalue weighted by Gasteiger charge is 2.41. The third kappa shape index (κ3) is 3.86. The van der Waals surface area contributed by atoms with Gasteiger partial charge in [-0.15, -0.1) is 12.4 Å². The number of hydrogen-bond donors (Lipinski definition) is 1. The largest absolute Gasteiger partial charge is 0.420 e.